The summed E-state index contributed by atoms with van der Waals surface area (Å²) in [4.78, 5) is 70.8. The van der Waals surface area contributed by atoms with Crippen LogP contribution in [0.4, 0.5) is 0 Å². The van der Waals surface area contributed by atoms with Crippen molar-refractivity contribution in [3.63, 3.8) is 0 Å². The normalized spacial score (nSPS) is 14.7. The van der Waals surface area contributed by atoms with Crippen LogP contribution in [-0.2, 0) is 28.8 Å². The molecule has 0 aliphatic rings. The Morgan fingerprint density at radius 3 is 1.69 bits per heavy atom. The molecule has 9 N–H and O–H groups in total. The van der Waals surface area contributed by atoms with Crippen LogP contribution in [0.1, 0.15) is 47.0 Å². The van der Waals surface area contributed by atoms with E-state index in [-0.39, 0.29) is 12.8 Å². The van der Waals surface area contributed by atoms with Crippen LogP contribution >= 0.6 is 0 Å². The first-order valence-electron chi connectivity index (χ1n) is 10.1. The zero-order valence-corrected chi connectivity index (χ0v) is 18.6. The van der Waals surface area contributed by atoms with Gasteiger partial charge >= 0.3 is 11.9 Å². The Kier molecular flexibility index (Phi) is 11.9. The van der Waals surface area contributed by atoms with Gasteiger partial charge in [0.2, 0.25) is 23.6 Å². The molecule has 13 nitrogen and oxygen atoms in total. The summed E-state index contributed by atoms with van der Waals surface area (Å²) < 4.78 is 0. The Morgan fingerprint density at radius 2 is 1.28 bits per heavy atom. The molecule has 0 radical (unpaired) electrons. The molecule has 4 unspecified atom stereocenters. The SMILES string of the molecule is CC(C)C(NC(=O)C(CCC(N)=O)NC(=O)C(NC(=O)C(N)CC(=O)O)C(C)C)C(=O)O. The van der Waals surface area contributed by atoms with Crippen molar-refractivity contribution < 1.29 is 39.0 Å². The molecule has 13 heteroatoms. The Bertz CT molecular complexity index is 725. The summed E-state index contributed by atoms with van der Waals surface area (Å²) in [5, 5.41) is 25.1. The fraction of sp³-hybridized carbons (Fsp3) is 0.684. The Morgan fingerprint density at radius 1 is 0.781 bits per heavy atom. The lowest BCUT2D eigenvalue weighted by molar-refractivity contribution is -0.143. The molecule has 0 heterocycles. The van der Waals surface area contributed by atoms with E-state index < -0.39 is 78.0 Å². The van der Waals surface area contributed by atoms with Crippen LogP contribution in [0.15, 0.2) is 0 Å². The molecule has 182 valence electrons. The number of carboxylic acid groups (broad SMARTS) is 2. The number of nitrogens with two attached hydrogens (primary N) is 2. The first kappa shape index (κ1) is 28.8. The molecule has 0 spiro atoms. The number of carboxylic acids is 2. The van der Waals surface area contributed by atoms with Gasteiger partial charge < -0.3 is 37.6 Å². The molecular weight excluding hydrogens is 426 g/mol. The monoisotopic (exact) mass is 459 g/mol. The highest BCUT2D eigenvalue weighted by Crippen LogP contribution is 2.08. The van der Waals surface area contributed by atoms with E-state index >= 15 is 0 Å². The van der Waals surface area contributed by atoms with Crippen molar-refractivity contribution in [1.29, 1.82) is 0 Å². The second-order valence-corrected chi connectivity index (χ2v) is 8.07. The summed E-state index contributed by atoms with van der Waals surface area (Å²) in [6.07, 6.45) is -1.11. The quantitative estimate of drug-likeness (QED) is 0.151. The van der Waals surface area contributed by atoms with Gasteiger partial charge in [-0.1, -0.05) is 27.7 Å². The van der Waals surface area contributed by atoms with E-state index in [1.54, 1.807) is 27.7 Å². The van der Waals surface area contributed by atoms with Gasteiger partial charge in [0.1, 0.15) is 18.1 Å². The molecule has 0 bridgehead atoms. The first-order chi connectivity index (χ1) is 14.7. The molecule has 32 heavy (non-hydrogen) atoms. The van der Waals surface area contributed by atoms with Crippen LogP contribution in [-0.4, -0.2) is 69.9 Å². The van der Waals surface area contributed by atoms with Gasteiger partial charge in [-0.3, -0.25) is 24.0 Å². The predicted molar refractivity (Wildman–Crippen MR) is 112 cm³/mol. The largest absolute Gasteiger partial charge is 0.481 e. The molecule has 0 aromatic carbocycles. The highest BCUT2D eigenvalue weighted by atomic mass is 16.4. The number of aliphatic carboxylic acids is 2. The Labute approximate surface area is 185 Å². The van der Waals surface area contributed by atoms with Crippen molar-refractivity contribution >= 4 is 35.6 Å². The van der Waals surface area contributed by atoms with E-state index in [1.165, 1.54) is 0 Å². The zero-order valence-electron chi connectivity index (χ0n) is 18.6. The fourth-order valence-electron chi connectivity index (χ4n) is 2.66. The lowest BCUT2D eigenvalue weighted by atomic mass is 10.0. The number of carbonyl (C=O) groups excluding carboxylic acids is 4. The van der Waals surface area contributed by atoms with Crippen LogP contribution in [0.3, 0.4) is 0 Å². The van der Waals surface area contributed by atoms with Crippen molar-refractivity contribution in [2.45, 2.75) is 71.1 Å². The highest BCUT2D eigenvalue weighted by molar-refractivity contribution is 5.95. The standard InChI is InChI=1S/C19H33N5O8/c1-8(2)14(23-16(28)10(20)7-13(26)27)18(30)22-11(5-6-12(21)25)17(29)24-15(9(3)4)19(31)32/h8-11,14-15H,5-7,20H2,1-4H3,(H2,21,25)(H,22,30)(H,23,28)(H,24,29)(H,26,27)(H,31,32). The third-order valence-corrected chi connectivity index (χ3v) is 4.52. The number of hydrogen-bond acceptors (Lipinski definition) is 7. The molecule has 0 aromatic rings. The number of hydrogen-bond donors (Lipinski definition) is 7. The summed E-state index contributed by atoms with van der Waals surface area (Å²) >= 11 is 0. The molecule has 0 fully saturated rings. The molecule has 0 aliphatic heterocycles. The smallest absolute Gasteiger partial charge is 0.326 e. The van der Waals surface area contributed by atoms with E-state index in [0.29, 0.717) is 0 Å². The van der Waals surface area contributed by atoms with Gasteiger partial charge in [-0.2, -0.15) is 0 Å². The second-order valence-electron chi connectivity index (χ2n) is 8.07. The average molecular weight is 460 g/mol. The Balaban J connectivity index is 5.50. The number of rotatable bonds is 14. The summed E-state index contributed by atoms with van der Waals surface area (Å²) in [5.41, 5.74) is 10.6. The molecular formula is C19H33N5O8. The topological polar surface area (TPSA) is 231 Å². The van der Waals surface area contributed by atoms with Gasteiger partial charge in [0, 0.05) is 6.42 Å². The van der Waals surface area contributed by atoms with Crippen molar-refractivity contribution in [3.8, 4) is 0 Å². The first-order valence-corrected chi connectivity index (χ1v) is 10.1. The maximum absolute atomic E-state index is 12.8. The van der Waals surface area contributed by atoms with E-state index in [1.807, 2.05) is 0 Å². The van der Waals surface area contributed by atoms with Gasteiger partial charge in [-0.15, -0.1) is 0 Å². The average Bonchev–Trinajstić information content (AvgIpc) is 2.65. The molecule has 4 atom stereocenters. The van der Waals surface area contributed by atoms with Crippen molar-refractivity contribution in [1.82, 2.24) is 16.0 Å². The van der Waals surface area contributed by atoms with Gasteiger partial charge in [0.25, 0.3) is 0 Å². The van der Waals surface area contributed by atoms with Crippen LogP contribution in [0.2, 0.25) is 0 Å². The molecule has 0 rings (SSSR count). The number of carbonyl (C=O) groups is 6. The predicted octanol–water partition coefficient (Wildman–Crippen LogP) is -2.10. The number of nitrogens with one attached hydrogen (secondary N) is 3. The summed E-state index contributed by atoms with van der Waals surface area (Å²) in [6.45, 7) is 6.37. The Hall–Kier alpha value is -3.22. The summed E-state index contributed by atoms with van der Waals surface area (Å²) in [7, 11) is 0. The van der Waals surface area contributed by atoms with Gasteiger partial charge in [-0.25, -0.2) is 4.79 Å². The minimum atomic E-state index is -1.39. The minimum Gasteiger partial charge on any atom is -0.481 e. The fourth-order valence-corrected chi connectivity index (χ4v) is 2.66. The maximum Gasteiger partial charge on any atom is 0.326 e. The van der Waals surface area contributed by atoms with E-state index in [2.05, 4.69) is 16.0 Å². The second kappa shape index (κ2) is 13.2. The summed E-state index contributed by atoms with van der Waals surface area (Å²) in [5.74, 6) is -6.73. The lowest BCUT2D eigenvalue weighted by Crippen LogP contribution is -2.59. The van der Waals surface area contributed by atoms with Gasteiger partial charge in [0.05, 0.1) is 12.5 Å². The molecule has 0 aliphatic carbocycles. The van der Waals surface area contributed by atoms with Crippen LogP contribution in [0.5, 0.6) is 0 Å². The van der Waals surface area contributed by atoms with E-state index in [0.717, 1.165) is 0 Å². The third kappa shape index (κ3) is 10.2. The zero-order chi connectivity index (χ0) is 25.2. The van der Waals surface area contributed by atoms with Gasteiger partial charge in [0.15, 0.2) is 0 Å². The van der Waals surface area contributed by atoms with Crippen LogP contribution < -0.4 is 27.4 Å². The maximum atomic E-state index is 12.8. The van der Waals surface area contributed by atoms with Crippen LogP contribution in [0, 0.1) is 11.8 Å². The van der Waals surface area contributed by atoms with Gasteiger partial charge in [-0.05, 0) is 18.3 Å². The third-order valence-electron chi connectivity index (χ3n) is 4.52. The molecule has 4 amide bonds. The molecule has 0 saturated heterocycles. The number of amides is 4. The summed E-state index contributed by atoms with van der Waals surface area (Å²) in [6, 6.07) is -5.10. The van der Waals surface area contributed by atoms with Crippen molar-refractivity contribution in [2.75, 3.05) is 0 Å². The molecule has 0 saturated carbocycles. The number of primary amides is 1. The van der Waals surface area contributed by atoms with Crippen molar-refractivity contribution in [3.05, 3.63) is 0 Å². The lowest BCUT2D eigenvalue weighted by Gasteiger charge is -2.27. The highest BCUT2D eigenvalue weighted by Gasteiger charge is 2.32. The van der Waals surface area contributed by atoms with Crippen molar-refractivity contribution in [2.24, 2.45) is 23.3 Å². The molecule has 0 aromatic heterocycles. The van der Waals surface area contributed by atoms with E-state index in [9.17, 15) is 33.9 Å². The van der Waals surface area contributed by atoms with Crippen LogP contribution in [0.25, 0.3) is 0 Å². The minimum absolute atomic E-state index is 0.200. The van der Waals surface area contributed by atoms with E-state index in [4.69, 9.17) is 16.6 Å².